The normalized spacial score (nSPS) is 26.3. The topological polar surface area (TPSA) is 309 Å². The van der Waals surface area contributed by atoms with E-state index in [1.165, 1.54) is 16.2 Å². The lowest BCUT2D eigenvalue weighted by Crippen LogP contribution is -2.60. The molecule has 8 atom stereocenters. The number of aromatic nitrogens is 3. The Morgan fingerprint density at radius 1 is 0.953 bits per heavy atom. The molecule has 2 aliphatic heterocycles. The summed E-state index contributed by atoms with van der Waals surface area (Å²) in [7, 11) is 0. The summed E-state index contributed by atoms with van der Waals surface area (Å²) in [5, 5.41) is 24.9. The highest BCUT2D eigenvalue weighted by Crippen LogP contribution is 2.32. The molecule has 2 saturated heterocycles. The minimum atomic E-state index is -1.57. The van der Waals surface area contributed by atoms with Gasteiger partial charge in [-0.05, 0) is 59.6 Å². The molecular weight excluding hydrogens is 845 g/mol. The van der Waals surface area contributed by atoms with Gasteiger partial charge in [-0.15, -0.1) is 16.4 Å². The van der Waals surface area contributed by atoms with E-state index >= 15 is 0 Å². The number of nitrogens with one attached hydrogen (secondary N) is 5. The summed E-state index contributed by atoms with van der Waals surface area (Å²) < 4.78 is 2.55. The highest BCUT2D eigenvalue weighted by atomic mass is 32.1. The van der Waals surface area contributed by atoms with Crippen LogP contribution in [0.5, 0.6) is 0 Å². The number of carbonyl (C=O) groups excluding carboxylic acids is 8. The van der Waals surface area contributed by atoms with Gasteiger partial charge in [0, 0.05) is 30.6 Å². The minimum Gasteiger partial charge on any atom is -0.370 e. The third-order valence-corrected chi connectivity index (χ3v) is 12.9. The fraction of sp³-hybridized carbons (Fsp3) is 0.488. The van der Waals surface area contributed by atoms with E-state index in [2.05, 4.69) is 36.9 Å². The van der Waals surface area contributed by atoms with Gasteiger partial charge in [0.1, 0.15) is 35.9 Å². The quantitative estimate of drug-likeness (QED) is 0.136. The second-order valence-electron chi connectivity index (χ2n) is 16.5. The molecule has 0 saturated carbocycles. The molecule has 0 bridgehead atoms. The van der Waals surface area contributed by atoms with E-state index in [9.17, 15) is 38.4 Å². The number of nitrogens with two attached hydrogens (primary N) is 3. The van der Waals surface area contributed by atoms with Crippen molar-refractivity contribution in [2.45, 2.75) is 114 Å². The number of hydrogen-bond acceptors (Lipinski definition) is 12. The van der Waals surface area contributed by atoms with Crippen LogP contribution in [-0.2, 0) is 44.8 Å². The van der Waals surface area contributed by atoms with Gasteiger partial charge in [-0.3, -0.25) is 38.4 Å². The van der Waals surface area contributed by atoms with Crippen LogP contribution in [0.1, 0.15) is 82.5 Å². The molecule has 0 spiro atoms. The van der Waals surface area contributed by atoms with Gasteiger partial charge in [-0.25, -0.2) is 4.68 Å². The fourth-order valence-electron chi connectivity index (χ4n) is 8.05. The molecule has 3 aromatic rings. The third kappa shape index (κ3) is 11.6. The number of carbonyl (C=O) groups is 8. The van der Waals surface area contributed by atoms with Crippen molar-refractivity contribution in [1.29, 1.82) is 0 Å². The van der Waals surface area contributed by atoms with Crippen LogP contribution in [-0.4, -0.2) is 116 Å². The number of benzene rings is 1. The summed E-state index contributed by atoms with van der Waals surface area (Å²) in [6, 6.07) is -0.810. The van der Waals surface area contributed by atoms with Crippen LogP contribution >= 0.6 is 11.3 Å². The van der Waals surface area contributed by atoms with Crippen molar-refractivity contribution in [3.8, 4) is 0 Å². The van der Waals surface area contributed by atoms with Gasteiger partial charge >= 0.3 is 0 Å². The van der Waals surface area contributed by atoms with Crippen LogP contribution in [0, 0.1) is 5.92 Å². The Morgan fingerprint density at radius 2 is 1.70 bits per heavy atom. The summed E-state index contributed by atoms with van der Waals surface area (Å²) in [4.78, 5) is 110. The van der Waals surface area contributed by atoms with Crippen molar-refractivity contribution < 1.29 is 38.4 Å². The van der Waals surface area contributed by atoms with Crippen LogP contribution in [0.3, 0.4) is 0 Å². The highest BCUT2D eigenvalue weighted by molar-refractivity contribution is 7.17. The first-order valence-electron chi connectivity index (χ1n) is 21.5. The van der Waals surface area contributed by atoms with Crippen molar-refractivity contribution in [3.63, 3.8) is 0 Å². The van der Waals surface area contributed by atoms with Crippen LogP contribution in [0.25, 0.3) is 15.7 Å². The average molecular weight is 901 g/mol. The number of thiophene rings is 1. The Hall–Kier alpha value is -6.48. The molecule has 1 aromatic carbocycles. The van der Waals surface area contributed by atoms with E-state index in [1.807, 2.05) is 47.9 Å². The Morgan fingerprint density at radius 3 is 2.42 bits per heavy atom. The molecule has 2 aromatic heterocycles. The summed E-state index contributed by atoms with van der Waals surface area (Å²) in [6.07, 6.45) is 8.37. The molecule has 342 valence electrons. The van der Waals surface area contributed by atoms with Crippen LogP contribution in [0.15, 0.2) is 54.1 Å². The zero-order valence-electron chi connectivity index (χ0n) is 35.8. The van der Waals surface area contributed by atoms with Crippen LogP contribution in [0.2, 0.25) is 0 Å². The number of hydrogen-bond donors (Lipinski definition) is 8. The first-order valence-corrected chi connectivity index (χ1v) is 22.4. The smallest absolute Gasteiger partial charge is 0.246 e. The maximum Gasteiger partial charge on any atom is 0.246 e. The Bertz CT molecular complexity index is 2320. The van der Waals surface area contributed by atoms with Crippen molar-refractivity contribution >= 4 is 74.3 Å². The predicted octanol–water partition coefficient (Wildman–Crippen LogP) is -0.416. The van der Waals surface area contributed by atoms with Crippen molar-refractivity contribution in [3.05, 3.63) is 65.3 Å². The molecule has 0 unspecified atom stereocenters. The first kappa shape index (κ1) is 47.0. The molecule has 2 fully saturated rings. The lowest BCUT2D eigenvalue weighted by atomic mass is 9.96. The highest BCUT2D eigenvalue weighted by Gasteiger charge is 2.45. The standard InChI is InChI=1S/C43H56N12O8S/c1-3-23(2)37-43(63)54-20-26(55-21-32(52-53-55)24-10-4-5-11-24)17-33(54)42(62)50-30(16-25-22-64-34-14-7-6-12-27(25)34)40(60)48-29(38(46)58)13-8-9-15-47-36(57)18-28(44)39(59)49-31(19-35(45)56)41(61)51-37/h4-7,10,12,14,21-23,26,28-31,33,37H,3,8-9,11,13,15-20,44H2,1-2H3,(H2,45,56)(H2,46,58)(H,47,57)(H,48,60)(H,49,59)(H,50,62)(H,51,61)/t23-,26-,28-,29-,30-,31-,33-,37-/m0/s1. The van der Waals surface area contributed by atoms with Gasteiger partial charge in [0.05, 0.1) is 31.1 Å². The van der Waals surface area contributed by atoms with Gasteiger partial charge in [0.25, 0.3) is 0 Å². The minimum absolute atomic E-state index is 0.0272. The number of fused-ring (bicyclic) bond motifs is 2. The fourth-order valence-corrected chi connectivity index (χ4v) is 9.03. The molecule has 1 aliphatic carbocycles. The maximum absolute atomic E-state index is 14.9. The summed E-state index contributed by atoms with van der Waals surface area (Å²) in [5.41, 5.74) is 19.6. The molecule has 6 rings (SSSR count). The number of rotatable bonds is 9. The largest absolute Gasteiger partial charge is 0.370 e. The molecule has 0 radical (unpaired) electrons. The monoisotopic (exact) mass is 900 g/mol. The Labute approximate surface area is 373 Å². The molecular formula is C43H56N12O8S. The number of nitrogens with zero attached hydrogens (tertiary/aromatic N) is 4. The summed E-state index contributed by atoms with van der Waals surface area (Å²) in [6.45, 7) is 3.62. The van der Waals surface area contributed by atoms with Crippen molar-refractivity contribution in [2.24, 2.45) is 23.1 Å². The summed E-state index contributed by atoms with van der Waals surface area (Å²) in [5.74, 6) is -6.69. The predicted molar refractivity (Wildman–Crippen MR) is 236 cm³/mol. The molecule has 8 amide bonds. The van der Waals surface area contributed by atoms with Gasteiger partial charge in [0.15, 0.2) is 0 Å². The van der Waals surface area contributed by atoms with E-state index in [0.717, 1.165) is 21.2 Å². The molecule has 20 nitrogen and oxygen atoms in total. The van der Waals surface area contributed by atoms with E-state index in [-0.39, 0.29) is 32.4 Å². The second kappa shape index (κ2) is 21.3. The molecule has 64 heavy (non-hydrogen) atoms. The van der Waals surface area contributed by atoms with E-state index in [4.69, 9.17) is 17.2 Å². The zero-order valence-corrected chi connectivity index (χ0v) is 36.6. The van der Waals surface area contributed by atoms with Crippen molar-refractivity contribution in [1.82, 2.24) is 46.5 Å². The van der Waals surface area contributed by atoms with Gasteiger partial charge in [-0.2, -0.15) is 0 Å². The zero-order chi connectivity index (χ0) is 46.1. The van der Waals surface area contributed by atoms with Gasteiger partial charge in [0.2, 0.25) is 47.3 Å². The Kier molecular flexibility index (Phi) is 15.6. The van der Waals surface area contributed by atoms with Crippen LogP contribution < -0.4 is 43.8 Å². The first-order chi connectivity index (χ1) is 30.6. The average Bonchev–Trinajstić information content (AvgIpc) is 4.10. The number of allylic oxidation sites excluding steroid dienone is 4. The second-order valence-corrected chi connectivity index (χ2v) is 17.5. The number of primary amides is 2. The lowest BCUT2D eigenvalue weighted by molar-refractivity contribution is -0.143. The van der Waals surface area contributed by atoms with Gasteiger partial charge < -0.3 is 48.7 Å². The third-order valence-electron chi connectivity index (χ3n) is 11.9. The SMILES string of the molecule is CC[C@H](C)[C@@H]1NC(=O)[C@H](CC(N)=O)NC(=O)[C@@H](N)CC(=O)NCCCC[C@@H](C(N)=O)NC(=O)[C@H](Cc2csc3ccccc23)NC(=O)[C@@H]2C[C@H](n3cc(C4=CC=CC4)nn3)CN2C1=O. The Balaban J connectivity index is 1.38. The molecule has 3 aliphatic rings. The van der Waals surface area contributed by atoms with Crippen molar-refractivity contribution in [2.75, 3.05) is 13.1 Å². The maximum atomic E-state index is 14.9. The van der Waals surface area contributed by atoms with E-state index < -0.39 is 108 Å². The molecule has 21 heteroatoms. The van der Waals surface area contributed by atoms with Gasteiger partial charge in [-0.1, -0.05) is 61.9 Å². The molecule has 11 N–H and O–H groups in total. The number of amides is 8. The van der Waals surface area contributed by atoms with Crippen LogP contribution in [0.4, 0.5) is 0 Å². The van der Waals surface area contributed by atoms with E-state index in [0.29, 0.717) is 31.4 Å². The summed E-state index contributed by atoms with van der Waals surface area (Å²) >= 11 is 1.47. The lowest BCUT2D eigenvalue weighted by Gasteiger charge is -2.33. The van der Waals surface area contributed by atoms with E-state index in [1.54, 1.807) is 24.7 Å². The molecule has 4 heterocycles.